The van der Waals surface area contributed by atoms with E-state index in [-0.39, 0.29) is 0 Å². The summed E-state index contributed by atoms with van der Waals surface area (Å²) in [5.74, 6) is 0.836. The Morgan fingerprint density at radius 2 is 1.57 bits per heavy atom. The van der Waals surface area contributed by atoms with E-state index < -0.39 is 7.12 Å². The van der Waals surface area contributed by atoms with Crippen molar-refractivity contribution in [1.82, 2.24) is 0 Å². The molecule has 0 aliphatic carbocycles. The molecule has 0 saturated carbocycles. The van der Waals surface area contributed by atoms with E-state index >= 15 is 0 Å². The predicted molar refractivity (Wildman–Crippen MR) is 89.1 cm³/mol. The van der Waals surface area contributed by atoms with Crippen molar-refractivity contribution in [2.24, 2.45) is 0 Å². The van der Waals surface area contributed by atoms with Crippen molar-refractivity contribution in [3.63, 3.8) is 0 Å². The zero-order valence-corrected chi connectivity index (χ0v) is 13.5. The van der Waals surface area contributed by atoms with Crippen molar-refractivity contribution in [2.75, 3.05) is 6.61 Å². The Kier molecular flexibility index (Phi) is 9.19. The van der Waals surface area contributed by atoms with Gasteiger partial charge < -0.3 is 14.8 Å². The molecule has 0 aromatic heterocycles. The lowest BCUT2D eigenvalue weighted by molar-refractivity contribution is 0.302. The Bertz CT molecular complexity index is 394. The molecule has 1 aromatic rings. The molecular formula is C17H29BO3. The van der Waals surface area contributed by atoms with E-state index in [0.29, 0.717) is 5.46 Å². The van der Waals surface area contributed by atoms with Crippen molar-refractivity contribution in [2.45, 2.75) is 65.2 Å². The number of unbranched alkanes of at least 4 members (excludes halogenated alkanes) is 7. The van der Waals surface area contributed by atoms with Gasteiger partial charge in [0.15, 0.2) is 0 Å². The molecule has 3 nitrogen and oxygen atoms in total. The highest BCUT2D eigenvalue weighted by molar-refractivity contribution is 6.58. The summed E-state index contributed by atoms with van der Waals surface area (Å²) in [6.07, 6.45) is 10.3. The van der Waals surface area contributed by atoms with Crippen molar-refractivity contribution >= 4 is 12.6 Å². The molecule has 0 unspecified atom stereocenters. The van der Waals surface area contributed by atoms with E-state index in [2.05, 4.69) is 6.92 Å². The van der Waals surface area contributed by atoms with Gasteiger partial charge in [0.2, 0.25) is 0 Å². The summed E-state index contributed by atoms with van der Waals surface area (Å²) in [4.78, 5) is 0. The molecule has 0 amide bonds. The van der Waals surface area contributed by atoms with E-state index in [1.807, 2.05) is 13.0 Å². The van der Waals surface area contributed by atoms with E-state index in [1.165, 1.54) is 44.9 Å². The minimum absolute atomic E-state index is 0.506. The molecule has 4 heteroatoms. The molecule has 2 N–H and O–H groups in total. The number of rotatable bonds is 11. The zero-order valence-electron chi connectivity index (χ0n) is 13.5. The third-order valence-corrected chi connectivity index (χ3v) is 3.75. The molecule has 118 valence electrons. The summed E-state index contributed by atoms with van der Waals surface area (Å²) in [5.41, 5.74) is 1.45. The quantitative estimate of drug-likeness (QED) is 0.486. The number of aryl methyl sites for hydroxylation is 1. The van der Waals surface area contributed by atoms with Gasteiger partial charge in [0.25, 0.3) is 0 Å². The highest BCUT2D eigenvalue weighted by Gasteiger charge is 2.12. The van der Waals surface area contributed by atoms with Gasteiger partial charge >= 0.3 is 7.12 Å². The summed E-state index contributed by atoms with van der Waals surface area (Å²) in [7, 11) is -1.41. The molecule has 1 rings (SSSR count). The second-order valence-corrected chi connectivity index (χ2v) is 5.72. The van der Waals surface area contributed by atoms with Gasteiger partial charge in [-0.15, -0.1) is 0 Å². The number of ether oxygens (including phenoxy) is 1. The molecule has 0 heterocycles. The number of benzene rings is 1. The van der Waals surface area contributed by atoms with Gasteiger partial charge in [0.05, 0.1) is 6.61 Å². The van der Waals surface area contributed by atoms with Gasteiger partial charge in [-0.3, -0.25) is 0 Å². The Balaban J connectivity index is 2.13. The maximum atomic E-state index is 9.10. The van der Waals surface area contributed by atoms with Crippen LogP contribution in [0.15, 0.2) is 18.2 Å². The van der Waals surface area contributed by atoms with Crippen molar-refractivity contribution < 1.29 is 14.8 Å². The first-order valence-electron chi connectivity index (χ1n) is 8.24. The highest BCUT2D eigenvalue weighted by Crippen LogP contribution is 2.16. The van der Waals surface area contributed by atoms with Crippen molar-refractivity contribution in [3.05, 3.63) is 23.8 Å². The Labute approximate surface area is 129 Å². The number of hydrogen-bond donors (Lipinski definition) is 2. The second kappa shape index (κ2) is 10.7. The van der Waals surface area contributed by atoms with Gasteiger partial charge in [-0.05, 0) is 30.4 Å². The maximum Gasteiger partial charge on any atom is 0.488 e. The van der Waals surface area contributed by atoms with Crippen LogP contribution in [0, 0.1) is 6.92 Å². The summed E-state index contributed by atoms with van der Waals surface area (Å²) in [5, 5.41) is 18.2. The first-order chi connectivity index (χ1) is 10.1. The van der Waals surface area contributed by atoms with E-state index in [1.54, 1.807) is 12.1 Å². The Hall–Kier alpha value is -0.995. The lowest BCUT2D eigenvalue weighted by atomic mass is 9.79. The fraction of sp³-hybridized carbons (Fsp3) is 0.647. The number of hydrogen-bond acceptors (Lipinski definition) is 3. The molecule has 0 spiro atoms. The zero-order chi connectivity index (χ0) is 15.5. The molecule has 21 heavy (non-hydrogen) atoms. The monoisotopic (exact) mass is 292 g/mol. The van der Waals surface area contributed by atoms with Crippen LogP contribution >= 0.6 is 0 Å². The van der Waals surface area contributed by atoms with Gasteiger partial charge in [-0.1, -0.05) is 64.0 Å². The van der Waals surface area contributed by atoms with Crippen molar-refractivity contribution in [3.8, 4) is 5.75 Å². The molecule has 0 fully saturated rings. The largest absolute Gasteiger partial charge is 0.493 e. The molecular weight excluding hydrogens is 263 g/mol. The van der Waals surface area contributed by atoms with Crippen LogP contribution in [0.25, 0.3) is 0 Å². The van der Waals surface area contributed by atoms with Crippen LogP contribution in [-0.4, -0.2) is 23.8 Å². The van der Waals surface area contributed by atoms with Crippen LogP contribution in [0.5, 0.6) is 5.75 Å². The maximum absolute atomic E-state index is 9.10. The SMILES string of the molecule is CCCCCCCCCCOc1ccc(B(O)O)cc1C. The lowest BCUT2D eigenvalue weighted by Crippen LogP contribution is -2.29. The normalized spacial score (nSPS) is 10.7. The fourth-order valence-corrected chi connectivity index (χ4v) is 2.41. The van der Waals surface area contributed by atoms with Crippen LogP contribution < -0.4 is 10.2 Å². The highest BCUT2D eigenvalue weighted by atomic mass is 16.5. The first-order valence-corrected chi connectivity index (χ1v) is 8.24. The van der Waals surface area contributed by atoms with Crippen molar-refractivity contribution in [1.29, 1.82) is 0 Å². The Morgan fingerprint density at radius 1 is 0.952 bits per heavy atom. The fourth-order valence-electron chi connectivity index (χ4n) is 2.41. The summed E-state index contributed by atoms with van der Waals surface area (Å²) >= 11 is 0. The summed E-state index contributed by atoms with van der Waals surface area (Å²) in [6.45, 7) is 4.90. The van der Waals surface area contributed by atoms with Crippen LogP contribution in [0.3, 0.4) is 0 Å². The van der Waals surface area contributed by atoms with Gasteiger partial charge in [-0.2, -0.15) is 0 Å². The van der Waals surface area contributed by atoms with Crippen LogP contribution in [0.4, 0.5) is 0 Å². The molecule has 1 aromatic carbocycles. The molecule has 0 saturated heterocycles. The average Bonchev–Trinajstić information content (AvgIpc) is 2.46. The van der Waals surface area contributed by atoms with Gasteiger partial charge in [0, 0.05) is 0 Å². The van der Waals surface area contributed by atoms with Crippen LogP contribution in [0.2, 0.25) is 0 Å². The first kappa shape index (κ1) is 18.1. The second-order valence-electron chi connectivity index (χ2n) is 5.72. The minimum Gasteiger partial charge on any atom is -0.493 e. The van der Waals surface area contributed by atoms with Crippen LogP contribution in [-0.2, 0) is 0 Å². The van der Waals surface area contributed by atoms with Crippen LogP contribution in [0.1, 0.15) is 63.9 Å². The summed E-state index contributed by atoms with van der Waals surface area (Å²) < 4.78 is 5.75. The van der Waals surface area contributed by atoms with Gasteiger partial charge in [0.1, 0.15) is 5.75 Å². The smallest absolute Gasteiger partial charge is 0.488 e. The molecule has 0 aliphatic heterocycles. The van der Waals surface area contributed by atoms with E-state index in [4.69, 9.17) is 14.8 Å². The summed E-state index contributed by atoms with van der Waals surface area (Å²) in [6, 6.07) is 5.27. The third kappa shape index (κ3) is 7.54. The van der Waals surface area contributed by atoms with Gasteiger partial charge in [-0.25, -0.2) is 0 Å². The van der Waals surface area contributed by atoms with E-state index in [0.717, 1.165) is 24.3 Å². The molecule has 0 aliphatic rings. The minimum atomic E-state index is -1.41. The molecule has 0 radical (unpaired) electrons. The average molecular weight is 292 g/mol. The predicted octanol–water partition coefficient (Wildman–Crippen LogP) is 3.19. The standard InChI is InChI=1S/C17H29BO3/c1-3-4-5-6-7-8-9-10-13-21-17-12-11-16(18(19)20)14-15(17)2/h11-12,14,19-20H,3-10,13H2,1-2H3. The molecule has 0 atom stereocenters. The topological polar surface area (TPSA) is 49.7 Å². The third-order valence-electron chi connectivity index (χ3n) is 3.75. The molecule has 0 bridgehead atoms. The Morgan fingerprint density at radius 3 is 2.14 bits per heavy atom. The lowest BCUT2D eigenvalue weighted by Gasteiger charge is -2.10. The van der Waals surface area contributed by atoms with E-state index in [9.17, 15) is 0 Å².